The van der Waals surface area contributed by atoms with Crippen molar-refractivity contribution in [2.45, 2.75) is 20.8 Å². The molecule has 0 atom stereocenters. The second-order valence-electron chi connectivity index (χ2n) is 5.23. The van der Waals surface area contributed by atoms with Gasteiger partial charge in [0, 0.05) is 25.6 Å². The number of aliphatic hydroxyl groups is 1. The van der Waals surface area contributed by atoms with Gasteiger partial charge in [-0.1, -0.05) is 25.4 Å². The first kappa shape index (κ1) is 14.3. The van der Waals surface area contributed by atoms with Crippen LogP contribution in [0.5, 0.6) is 0 Å². The first-order chi connectivity index (χ1) is 7.76. The van der Waals surface area contributed by atoms with Crippen molar-refractivity contribution >= 4 is 17.3 Å². The van der Waals surface area contributed by atoms with Crippen molar-refractivity contribution in [3.05, 3.63) is 28.5 Å². The zero-order valence-electron chi connectivity index (χ0n) is 10.7. The van der Waals surface area contributed by atoms with E-state index in [2.05, 4.69) is 0 Å². The number of aliphatic hydroxyl groups excluding tert-OH is 1. The average molecular weight is 260 g/mol. The third-order valence-electron chi connectivity index (χ3n) is 2.73. The molecule has 0 aliphatic heterocycles. The van der Waals surface area contributed by atoms with Crippen LogP contribution in [0.1, 0.15) is 19.4 Å². The van der Waals surface area contributed by atoms with Gasteiger partial charge >= 0.3 is 0 Å². The van der Waals surface area contributed by atoms with E-state index in [4.69, 9.17) is 11.6 Å². The molecule has 0 fully saturated rings. The van der Waals surface area contributed by atoms with E-state index >= 15 is 0 Å². The molecule has 4 heteroatoms. The Morgan fingerprint density at radius 2 is 2.00 bits per heavy atom. The maximum atomic E-state index is 13.5. The van der Waals surface area contributed by atoms with Crippen molar-refractivity contribution in [3.8, 4) is 0 Å². The highest BCUT2D eigenvalue weighted by Gasteiger charge is 2.20. The van der Waals surface area contributed by atoms with E-state index in [1.54, 1.807) is 13.0 Å². The summed E-state index contributed by atoms with van der Waals surface area (Å²) in [6.45, 7) is 6.25. The number of benzene rings is 1. The Hall–Kier alpha value is -0.800. The van der Waals surface area contributed by atoms with Gasteiger partial charge in [-0.25, -0.2) is 4.39 Å². The molecule has 0 heterocycles. The van der Waals surface area contributed by atoms with Crippen molar-refractivity contribution < 1.29 is 9.50 Å². The molecule has 0 aliphatic rings. The Morgan fingerprint density at radius 1 is 1.41 bits per heavy atom. The lowest BCUT2D eigenvalue weighted by Gasteiger charge is -2.30. The van der Waals surface area contributed by atoms with Gasteiger partial charge in [-0.2, -0.15) is 0 Å². The molecule has 1 N–H and O–H groups in total. The van der Waals surface area contributed by atoms with Crippen LogP contribution in [0.2, 0.25) is 5.02 Å². The predicted octanol–water partition coefficient (Wildman–Crippen LogP) is 3.24. The summed E-state index contributed by atoms with van der Waals surface area (Å²) >= 11 is 6.10. The van der Waals surface area contributed by atoms with E-state index in [0.29, 0.717) is 22.8 Å². The molecule has 1 aromatic carbocycles. The molecular weight excluding hydrogens is 241 g/mol. The highest BCUT2D eigenvalue weighted by atomic mass is 35.5. The van der Waals surface area contributed by atoms with Crippen molar-refractivity contribution in [1.29, 1.82) is 0 Å². The number of anilines is 1. The molecule has 0 bridgehead atoms. The highest BCUT2D eigenvalue weighted by molar-refractivity contribution is 6.33. The van der Waals surface area contributed by atoms with Crippen LogP contribution in [0.25, 0.3) is 0 Å². The average Bonchev–Trinajstić information content (AvgIpc) is 2.22. The number of nitrogens with zero attached hydrogens (tertiary/aromatic N) is 1. The Kier molecular flexibility index (Phi) is 4.39. The largest absolute Gasteiger partial charge is 0.396 e. The van der Waals surface area contributed by atoms with Gasteiger partial charge in [0.25, 0.3) is 0 Å². The fourth-order valence-electron chi connectivity index (χ4n) is 1.71. The van der Waals surface area contributed by atoms with Crippen LogP contribution in [0.15, 0.2) is 12.1 Å². The first-order valence-electron chi connectivity index (χ1n) is 5.54. The summed E-state index contributed by atoms with van der Waals surface area (Å²) in [7, 11) is 1.84. The van der Waals surface area contributed by atoms with Gasteiger partial charge in [-0.15, -0.1) is 0 Å². The third-order valence-corrected chi connectivity index (χ3v) is 3.04. The smallest absolute Gasteiger partial charge is 0.128 e. The van der Waals surface area contributed by atoms with Crippen LogP contribution < -0.4 is 4.90 Å². The minimum Gasteiger partial charge on any atom is -0.396 e. The van der Waals surface area contributed by atoms with E-state index in [1.807, 2.05) is 25.8 Å². The van der Waals surface area contributed by atoms with Gasteiger partial charge in [0.2, 0.25) is 0 Å². The predicted molar refractivity (Wildman–Crippen MR) is 70.3 cm³/mol. The molecule has 0 radical (unpaired) electrons. The molecule has 0 saturated carbocycles. The Labute approximate surface area is 107 Å². The summed E-state index contributed by atoms with van der Waals surface area (Å²) in [5.41, 5.74) is 0.935. The summed E-state index contributed by atoms with van der Waals surface area (Å²) in [5.74, 6) is -0.266. The number of rotatable bonds is 4. The minimum absolute atomic E-state index is 0.0727. The van der Waals surface area contributed by atoms with Crippen molar-refractivity contribution in [2.75, 3.05) is 25.1 Å². The normalized spacial score (nSPS) is 11.7. The summed E-state index contributed by atoms with van der Waals surface area (Å²) in [4.78, 5) is 1.86. The van der Waals surface area contributed by atoms with Gasteiger partial charge in [-0.05, 0) is 24.6 Å². The number of aryl methyl sites for hydroxylation is 1. The lowest BCUT2D eigenvalue weighted by molar-refractivity contribution is 0.165. The molecule has 0 unspecified atom stereocenters. The maximum Gasteiger partial charge on any atom is 0.128 e. The molecule has 1 rings (SSSR count). The van der Waals surface area contributed by atoms with E-state index in [-0.39, 0.29) is 17.8 Å². The molecule has 0 spiro atoms. The third kappa shape index (κ3) is 3.58. The molecule has 0 amide bonds. The lowest BCUT2D eigenvalue weighted by Crippen LogP contribution is -2.34. The van der Waals surface area contributed by atoms with E-state index in [1.165, 1.54) is 6.07 Å². The SMILES string of the molecule is Cc1cc(Cl)c(N(C)CC(C)(C)CO)cc1F. The second kappa shape index (κ2) is 5.23. The van der Waals surface area contributed by atoms with Gasteiger partial charge in [0.15, 0.2) is 0 Å². The quantitative estimate of drug-likeness (QED) is 0.897. The summed E-state index contributed by atoms with van der Waals surface area (Å²) in [5, 5.41) is 9.75. The molecule has 0 aromatic heterocycles. The van der Waals surface area contributed by atoms with Crippen LogP contribution >= 0.6 is 11.6 Å². The fourth-order valence-corrected chi connectivity index (χ4v) is 2.07. The number of hydrogen-bond acceptors (Lipinski definition) is 2. The molecule has 17 heavy (non-hydrogen) atoms. The van der Waals surface area contributed by atoms with Gasteiger partial charge in [-0.3, -0.25) is 0 Å². The van der Waals surface area contributed by atoms with Gasteiger partial charge < -0.3 is 10.0 Å². The minimum atomic E-state index is -0.266. The lowest BCUT2D eigenvalue weighted by atomic mass is 9.94. The van der Waals surface area contributed by atoms with Gasteiger partial charge in [0.05, 0.1) is 10.7 Å². The van der Waals surface area contributed by atoms with Crippen molar-refractivity contribution in [3.63, 3.8) is 0 Å². The second-order valence-corrected chi connectivity index (χ2v) is 5.64. The first-order valence-corrected chi connectivity index (χ1v) is 5.92. The highest BCUT2D eigenvalue weighted by Crippen LogP contribution is 2.30. The van der Waals surface area contributed by atoms with Crippen molar-refractivity contribution in [2.24, 2.45) is 5.41 Å². The molecule has 2 nitrogen and oxygen atoms in total. The van der Waals surface area contributed by atoms with Crippen LogP contribution in [0.3, 0.4) is 0 Å². The Bertz CT molecular complexity index is 407. The van der Waals surface area contributed by atoms with E-state index in [9.17, 15) is 9.50 Å². The zero-order chi connectivity index (χ0) is 13.2. The topological polar surface area (TPSA) is 23.5 Å². The van der Waals surface area contributed by atoms with Gasteiger partial charge in [0.1, 0.15) is 5.82 Å². The Balaban J connectivity index is 2.97. The molecule has 1 aromatic rings. The number of hydrogen-bond donors (Lipinski definition) is 1. The van der Waals surface area contributed by atoms with Crippen LogP contribution in [-0.2, 0) is 0 Å². The molecule has 0 aliphatic carbocycles. The van der Waals surface area contributed by atoms with Crippen molar-refractivity contribution in [1.82, 2.24) is 0 Å². The summed E-state index contributed by atoms with van der Waals surface area (Å²) in [6, 6.07) is 3.06. The molecule has 96 valence electrons. The van der Waals surface area contributed by atoms with E-state index < -0.39 is 0 Å². The summed E-state index contributed by atoms with van der Waals surface area (Å²) in [6.07, 6.45) is 0. The maximum absolute atomic E-state index is 13.5. The molecule has 0 saturated heterocycles. The standard InChI is InChI=1S/C13H19ClFNO/c1-9-5-10(14)12(6-11(9)15)16(4)7-13(2,3)8-17/h5-6,17H,7-8H2,1-4H3. The zero-order valence-corrected chi connectivity index (χ0v) is 11.5. The molecular formula is C13H19ClFNO. The van der Waals surface area contributed by atoms with Crippen LogP contribution in [0.4, 0.5) is 10.1 Å². The fraction of sp³-hybridized carbons (Fsp3) is 0.538. The Morgan fingerprint density at radius 3 is 2.53 bits per heavy atom. The monoisotopic (exact) mass is 259 g/mol. The van der Waals surface area contributed by atoms with Crippen LogP contribution in [0, 0.1) is 18.2 Å². The summed E-state index contributed by atoms with van der Waals surface area (Å²) < 4.78 is 13.5. The van der Waals surface area contributed by atoms with E-state index in [0.717, 1.165) is 0 Å². The number of halogens is 2. The van der Waals surface area contributed by atoms with Crippen LogP contribution in [-0.4, -0.2) is 25.3 Å².